The first-order valence-electron chi connectivity index (χ1n) is 12.1. The van der Waals surface area contributed by atoms with Crippen molar-refractivity contribution in [2.24, 2.45) is 23.7 Å². The van der Waals surface area contributed by atoms with Gasteiger partial charge in [0.25, 0.3) is 0 Å². The van der Waals surface area contributed by atoms with E-state index in [1.54, 1.807) is 18.3 Å². The van der Waals surface area contributed by atoms with E-state index in [0.29, 0.717) is 28.9 Å². The van der Waals surface area contributed by atoms with Crippen LogP contribution < -0.4 is 15.4 Å². The van der Waals surface area contributed by atoms with E-state index in [1.807, 2.05) is 6.92 Å². The molecule has 1 unspecified atom stereocenters. The summed E-state index contributed by atoms with van der Waals surface area (Å²) in [5, 5.41) is 7.02. The molecule has 5 fully saturated rings. The van der Waals surface area contributed by atoms with Crippen LogP contribution in [0, 0.1) is 29.5 Å². The highest BCUT2D eigenvalue weighted by molar-refractivity contribution is 5.85. The van der Waals surface area contributed by atoms with Crippen LogP contribution in [0.5, 0.6) is 5.75 Å². The van der Waals surface area contributed by atoms with Gasteiger partial charge >= 0.3 is 0 Å². The molecular weight excluding hydrogens is 437 g/mol. The maximum Gasteiger partial charge on any atom is 0.246 e. The van der Waals surface area contributed by atoms with Gasteiger partial charge in [0, 0.05) is 35.7 Å². The summed E-state index contributed by atoms with van der Waals surface area (Å²) >= 11 is 0. The number of pyridine rings is 1. The molecule has 7 rings (SSSR count). The number of carbonyl (C=O) groups excluding carboxylic acids is 2. The molecule has 5 saturated carbocycles. The van der Waals surface area contributed by atoms with Gasteiger partial charge in [-0.2, -0.15) is 0 Å². The number of methoxy groups -OCH3 is 1. The molecule has 2 aromatic rings. The third-order valence-corrected chi connectivity index (χ3v) is 8.51. The number of fused-ring (bicyclic) bond motifs is 2. The number of carbonyl (C=O) groups is 2. The van der Waals surface area contributed by atoms with Crippen molar-refractivity contribution in [2.45, 2.75) is 56.2 Å². The predicted molar refractivity (Wildman–Crippen MR) is 122 cm³/mol. The van der Waals surface area contributed by atoms with Crippen LogP contribution in [0.1, 0.15) is 39.0 Å². The van der Waals surface area contributed by atoms with Gasteiger partial charge in [-0.3, -0.25) is 14.6 Å². The summed E-state index contributed by atoms with van der Waals surface area (Å²) in [5.74, 6) is 1.78. The summed E-state index contributed by atoms with van der Waals surface area (Å²) in [6.07, 6.45) is 6.05. The molecule has 2 N–H and O–H groups in total. The largest absolute Gasteiger partial charge is 0.490 e. The minimum Gasteiger partial charge on any atom is -0.490 e. The van der Waals surface area contributed by atoms with E-state index >= 15 is 0 Å². The van der Waals surface area contributed by atoms with Gasteiger partial charge in [-0.05, 0) is 74.1 Å². The van der Waals surface area contributed by atoms with Crippen molar-refractivity contribution >= 4 is 22.7 Å². The lowest BCUT2D eigenvalue weighted by atomic mass is 9.44. The lowest BCUT2D eigenvalue weighted by Crippen LogP contribution is -2.84. The number of aromatic nitrogens is 1. The molecule has 34 heavy (non-hydrogen) atoms. The molecule has 5 atom stereocenters. The Morgan fingerprint density at radius 1 is 1.15 bits per heavy atom. The second-order valence-corrected chi connectivity index (χ2v) is 10.9. The molecule has 0 aliphatic heterocycles. The Kier molecular flexibility index (Phi) is 4.89. The quantitative estimate of drug-likeness (QED) is 0.623. The smallest absolute Gasteiger partial charge is 0.246 e. The maximum absolute atomic E-state index is 13.7. The molecule has 2 bridgehead atoms. The Balaban J connectivity index is 0.997. The molecule has 5 aliphatic rings. The Bertz CT molecular complexity index is 1140. The standard InChI is InChI=1S/C26H30FN3O4/c1-14(24(32)30-26-11-25(12-26,13-26)29-22(31)10-33-2)23-17-8-16(9-18(17)23)34-21-5-6-28-20-4-3-15(27)7-19(20)21/h3-7,14,16-18,23H,8-13H2,1-2H3,(H,29,31)(H,30,32)/t14?,16-,17-,18+,23+,25?,26?. The van der Waals surface area contributed by atoms with Crippen LogP contribution in [0.2, 0.25) is 0 Å². The Morgan fingerprint density at radius 3 is 2.56 bits per heavy atom. The van der Waals surface area contributed by atoms with Gasteiger partial charge in [-0.15, -0.1) is 0 Å². The Hall–Kier alpha value is -2.74. The summed E-state index contributed by atoms with van der Waals surface area (Å²) in [6.45, 7) is 2.11. The lowest BCUT2D eigenvalue weighted by molar-refractivity contribution is -0.153. The lowest BCUT2D eigenvalue weighted by Gasteiger charge is -2.70. The van der Waals surface area contributed by atoms with Crippen LogP contribution in [-0.2, 0) is 14.3 Å². The molecule has 0 spiro atoms. The van der Waals surface area contributed by atoms with Gasteiger partial charge in [-0.25, -0.2) is 4.39 Å². The van der Waals surface area contributed by atoms with Crippen molar-refractivity contribution in [3.8, 4) is 5.75 Å². The van der Waals surface area contributed by atoms with E-state index in [0.717, 1.165) is 37.6 Å². The Labute approximate surface area is 197 Å². The monoisotopic (exact) mass is 467 g/mol. The van der Waals surface area contributed by atoms with E-state index in [4.69, 9.17) is 9.47 Å². The fourth-order valence-electron chi connectivity index (χ4n) is 7.12. The summed E-state index contributed by atoms with van der Waals surface area (Å²) in [6, 6.07) is 6.35. The van der Waals surface area contributed by atoms with E-state index < -0.39 is 0 Å². The molecule has 7 nitrogen and oxygen atoms in total. The maximum atomic E-state index is 13.7. The number of halogens is 1. The normalized spacial score (nSPS) is 35.5. The van der Waals surface area contributed by atoms with Crippen LogP contribution in [-0.4, -0.2) is 47.7 Å². The zero-order valence-electron chi connectivity index (χ0n) is 19.5. The van der Waals surface area contributed by atoms with Crippen molar-refractivity contribution in [3.63, 3.8) is 0 Å². The molecular formula is C26H30FN3O4. The zero-order chi connectivity index (χ0) is 23.7. The number of benzene rings is 1. The van der Waals surface area contributed by atoms with E-state index in [1.165, 1.54) is 19.2 Å². The highest BCUT2D eigenvalue weighted by Crippen LogP contribution is 2.63. The highest BCUT2D eigenvalue weighted by Gasteiger charge is 2.70. The van der Waals surface area contributed by atoms with Crippen LogP contribution >= 0.6 is 0 Å². The average Bonchev–Trinajstić information content (AvgIpc) is 3.25. The van der Waals surface area contributed by atoms with Crippen LogP contribution in [0.25, 0.3) is 10.9 Å². The predicted octanol–water partition coefficient (Wildman–Crippen LogP) is 2.97. The zero-order valence-corrected chi connectivity index (χ0v) is 19.5. The van der Waals surface area contributed by atoms with Gasteiger partial charge in [0.2, 0.25) is 11.8 Å². The minimum atomic E-state index is -0.300. The number of hydrogen-bond donors (Lipinski definition) is 2. The molecule has 0 saturated heterocycles. The van der Waals surface area contributed by atoms with Crippen molar-refractivity contribution in [1.29, 1.82) is 0 Å². The van der Waals surface area contributed by atoms with Crippen LogP contribution in [0.4, 0.5) is 4.39 Å². The number of hydrogen-bond acceptors (Lipinski definition) is 5. The second-order valence-electron chi connectivity index (χ2n) is 10.9. The van der Waals surface area contributed by atoms with Gasteiger partial charge < -0.3 is 20.1 Å². The second kappa shape index (κ2) is 7.63. The third-order valence-electron chi connectivity index (χ3n) is 8.51. The molecule has 1 aromatic carbocycles. The SMILES string of the molecule is COCC(=O)NC12CC(NC(=O)C(C)[C@H]3[C@@H]4C[C@@H](Oc5ccnc6ccc(F)cc56)C[C@@H]43)(C1)C2. The summed E-state index contributed by atoms with van der Waals surface area (Å²) in [5.41, 5.74) is 0.435. The average molecular weight is 468 g/mol. The third kappa shape index (κ3) is 3.54. The molecule has 1 heterocycles. The fraction of sp³-hybridized carbons (Fsp3) is 0.577. The first-order valence-corrected chi connectivity index (χ1v) is 12.1. The Morgan fingerprint density at radius 2 is 1.85 bits per heavy atom. The van der Waals surface area contributed by atoms with Crippen molar-refractivity contribution < 1.29 is 23.5 Å². The van der Waals surface area contributed by atoms with Crippen LogP contribution in [0.3, 0.4) is 0 Å². The van der Waals surface area contributed by atoms with Gasteiger partial charge in [0.05, 0.1) is 11.6 Å². The van der Waals surface area contributed by atoms with Crippen molar-refractivity contribution in [3.05, 3.63) is 36.3 Å². The molecule has 0 radical (unpaired) electrons. The highest BCUT2D eigenvalue weighted by atomic mass is 19.1. The van der Waals surface area contributed by atoms with E-state index in [-0.39, 0.29) is 47.3 Å². The number of rotatable bonds is 8. The molecule has 1 aromatic heterocycles. The summed E-state index contributed by atoms with van der Waals surface area (Å²) in [4.78, 5) is 29.1. The van der Waals surface area contributed by atoms with Gasteiger partial charge in [0.1, 0.15) is 18.2 Å². The first-order chi connectivity index (χ1) is 16.3. The molecule has 2 amide bonds. The fourth-order valence-corrected chi connectivity index (χ4v) is 7.12. The van der Waals surface area contributed by atoms with Gasteiger partial charge in [-0.1, -0.05) is 6.92 Å². The molecule has 180 valence electrons. The number of ether oxygens (including phenoxy) is 2. The van der Waals surface area contributed by atoms with Crippen LogP contribution in [0.15, 0.2) is 30.5 Å². The topological polar surface area (TPSA) is 89.6 Å². The minimum absolute atomic E-state index is 0.0279. The summed E-state index contributed by atoms with van der Waals surface area (Å²) in [7, 11) is 1.51. The number of amides is 2. The molecule has 5 aliphatic carbocycles. The van der Waals surface area contributed by atoms with Crippen molar-refractivity contribution in [2.75, 3.05) is 13.7 Å². The first kappa shape index (κ1) is 21.8. The van der Waals surface area contributed by atoms with Gasteiger partial charge in [0.15, 0.2) is 0 Å². The van der Waals surface area contributed by atoms with Crippen molar-refractivity contribution in [1.82, 2.24) is 15.6 Å². The summed E-state index contributed by atoms with van der Waals surface area (Å²) < 4.78 is 24.9. The van der Waals surface area contributed by atoms with E-state index in [2.05, 4.69) is 15.6 Å². The number of nitrogens with zero attached hydrogens (tertiary/aromatic N) is 1. The van der Waals surface area contributed by atoms with E-state index in [9.17, 15) is 14.0 Å². The number of nitrogens with one attached hydrogen (secondary N) is 2. The molecule has 8 heteroatoms.